The van der Waals surface area contributed by atoms with Gasteiger partial charge in [-0.2, -0.15) is 0 Å². The summed E-state index contributed by atoms with van der Waals surface area (Å²) in [6, 6.07) is 8.05. The van der Waals surface area contributed by atoms with Crippen LogP contribution in [0, 0.1) is 11.8 Å². The molecule has 1 saturated carbocycles. The number of ether oxygens (including phenoxy) is 1. The third-order valence-electron chi connectivity index (χ3n) is 5.14. The second-order valence-corrected chi connectivity index (χ2v) is 7.45. The lowest BCUT2D eigenvalue weighted by atomic mass is 9.81. The van der Waals surface area contributed by atoms with Crippen molar-refractivity contribution in [2.45, 2.75) is 51.9 Å². The Kier molecular flexibility index (Phi) is 8.10. The quantitative estimate of drug-likeness (QED) is 0.695. The van der Waals surface area contributed by atoms with Crippen LogP contribution in [0.1, 0.15) is 57.4 Å². The Morgan fingerprint density at radius 3 is 2.15 bits per heavy atom. The molecule has 2 amide bonds. The Hall–Kier alpha value is -1.88. The second-order valence-electron chi connectivity index (χ2n) is 7.45. The topological polar surface area (TPSA) is 67.4 Å². The Bertz CT molecular complexity index is 575. The lowest BCUT2D eigenvalue weighted by molar-refractivity contribution is -0.128. The number of benzene rings is 1. The van der Waals surface area contributed by atoms with Crippen molar-refractivity contribution in [1.82, 2.24) is 5.32 Å². The standard InChI is InChI=1S/C21H32N2O3/c1-15(2)16-9-11-19(12-10-16)23-21(25)18-7-5-17(6-8-18)20(24)22-13-4-14-26-3/h9-12,15,17-18H,4-8,13-14H2,1-3H3,(H,22,24)(H,23,25). The fraction of sp³-hybridized carbons (Fsp3) is 0.619. The highest BCUT2D eigenvalue weighted by atomic mass is 16.5. The molecule has 2 rings (SSSR count). The molecule has 0 radical (unpaired) electrons. The van der Waals surface area contributed by atoms with Crippen molar-refractivity contribution >= 4 is 17.5 Å². The Morgan fingerprint density at radius 1 is 1.04 bits per heavy atom. The summed E-state index contributed by atoms with van der Waals surface area (Å²) in [6.07, 6.45) is 3.93. The van der Waals surface area contributed by atoms with Gasteiger partial charge in [-0.25, -0.2) is 0 Å². The molecule has 0 heterocycles. The van der Waals surface area contributed by atoms with Crippen molar-refractivity contribution in [3.63, 3.8) is 0 Å². The zero-order chi connectivity index (χ0) is 18.9. The molecular weight excluding hydrogens is 328 g/mol. The molecule has 1 aromatic rings. The third-order valence-corrected chi connectivity index (χ3v) is 5.14. The smallest absolute Gasteiger partial charge is 0.227 e. The van der Waals surface area contributed by atoms with E-state index in [9.17, 15) is 9.59 Å². The molecule has 5 heteroatoms. The highest BCUT2D eigenvalue weighted by Gasteiger charge is 2.29. The number of anilines is 1. The average molecular weight is 360 g/mol. The molecule has 1 aliphatic rings. The molecule has 0 bridgehead atoms. The third kappa shape index (κ3) is 6.13. The molecule has 0 aliphatic heterocycles. The van der Waals surface area contributed by atoms with E-state index in [2.05, 4.69) is 36.6 Å². The van der Waals surface area contributed by atoms with E-state index in [1.165, 1.54) is 5.56 Å². The summed E-state index contributed by atoms with van der Waals surface area (Å²) in [5.41, 5.74) is 2.11. The number of carbonyl (C=O) groups is 2. The van der Waals surface area contributed by atoms with Crippen molar-refractivity contribution in [3.05, 3.63) is 29.8 Å². The maximum atomic E-state index is 12.5. The van der Waals surface area contributed by atoms with Gasteiger partial charge in [-0.05, 0) is 55.7 Å². The summed E-state index contributed by atoms with van der Waals surface area (Å²) in [7, 11) is 1.66. The van der Waals surface area contributed by atoms with Crippen LogP contribution >= 0.6 is 0 Å². The van der Waals surface area contributed by atoms with Gasteiger partial charge in [0.1, 0.15) is 0 Å². The molecule has 0 atom stereocenters. The van der Waals surface area contributed by atoms with E-state index >= 15 is 0 Å². The van der Waals surface area contributed by atoms with Crippen LogP contribution in [-0.4, -0.2) is 32.1 Å². The Morgan fingerprint density at radius 2 is 1.62 bits per heavy atom. The fourth-order valence-corrected chi connectivity index (χ4v) is 3.39. The number of carbonyl (C=O) groups excluding carboxylic acids is 2. The van der Waals surface area contributed by atoms with Crippen molar-refractivity contribution < 1.29 is 14.3 Å². The molecule has 26 heavy (non-hydrogen) atoms. The SMILES string of the molecule is COCCCNC(=O)C1CCC(C(=O)Nc2ccc(C(C)C)cc2)CC1. The van der Waals surface area contributed by atoms with E-state index in [0.29, 0.717) is 19.1 Å². The summed E-state index contributed by atoms with van der Waals surface area (Å²) in [5.74, 6) is 0.699. The average Bonchev–Trinajstić information content (AvgIpc) is 2.65. The van der Waals surface area contributed by atoms with Gasteiger partial charge in [0.2, 0.25) is 11.8 Å². The predicted molar refractivity (Wildman–Crippen MR) is 104 cm³/mol. The number of nitrogens with one attached hydrogen (secondary N) is 2. The molecule has 0 unspecified atom stereocenters. The number of rotatable bonds is 8. The molecule has 0 spiro atoms. The van der Waals surface area contributed by atoms with Gasteiger partial charge >= 0.3 is 0 Å². The molecule has 144 valence electrons. The largest absolute Gasteiger partial charge is 0.385 e. The van der Waals surface area contributed by atoms with E-state index in [4.69, 9.17) is 4.74 Å². The summed E-state index contributed by atoms with van der Waals surface area (Å²) >= 11 is 0. The van der Waals surface area contributed by atoms with Crippen LogP contribution < -0.4 is 10.6 Å². The molecule has 1 fully saturated rings. The maximum Gasteiger partial charge on any atom is 0.227 e. The second kappa shape index (κ2) is 10.3. The zero-order valence-corrected chi connectivity index (χ0v) is 16.2. The summed E-state index contributed by atoms with van der Waals surface area (Å²) in [6.45, 7) is 5.62. The fourth-order valence-electron chi connectivity index (χ4n) is 3.39. The van der Waals surface area contributed by atoms with E-state index in [1.54, 1.807) is 7.11 Å². The zero-order valence-electron chi connectivity index (χ0n) is 16.2. The van der Waals surface area contributed by atoms with Crippen molar-refractivity contribution in [3.8, 4) is 0 Å². The molecule has 0 saturated heterocycles. The molecule has 2 N–H and O–H groups in total. The van der Waals surface area contributed by atoms with Gasteiger partial charge in [0, 0.05) is 37.8 Å². The Balaban J connectivity index is 1.74. The van der Waals surface area contributed by atoms with E-state index in [1.807, 2.05) is 12.1 Å². The Labute approximate surface area is 156 Å². The van der Waals surface area contributed by atoms with Crippen LogP contribution in [0.5, 0.6) is 0 Å². The maximum absolute atomic E-state index is 12.5. The minimum Gasteiger partial charge on any atom is -0.385 e. The van der Waals surface area contributed by atoms with E-state index in [-0.39, 0.29) is 23.7 Å². The molecule has 5 nitrogen and oxygen atoms in total. The summed E-state index contributed by atoms with van der Waals surface area (Å²) in [4.78, 5) is 24.6. The highest BCUT2D eigenvalue weighted by molar-refractivity contribution is 5.92. The van der Waals surface area contributed by atoms with Crippen LogP contribution in [0.2, 0.25) is 0 Å². The van der Waals surface area contributed by atoms with E-state index in [0.717, 1.165) is 37.8 Å². The first-order valence-electron chi connectivity index (χ1n) is 9.68. The van der Waals surface area contributed by atoms with Gasteiger partial charge in [0.15, 0.2) is 0 Å². The van der Waals surface area contributed by atoms with Gasteiger partial charge in [-0.15, -0.1) is 0 Å². The van der Waals surface area contributed by atoms with Crippen molar-refractivity contribution in [2.24, 2.45) is 11.8 Å². The summed E-state index contributed by atoms with van der Waals surface area (Å²) in [5, 5.41) is 5.98. The molecule has 1 aliphatic carbocycles. The predicted octanol–water partition coefficient (Wildman–Crippen LogP) is 3.71. The van der Waals surface area contributed by atoms with Crippen LogP contribution in [0.3, 0.4) is 0 Å². The van der Waals surface area contributed by atoms with Crippen molar-refractivity contribution in [1.29, 1.82) is 0 Å². The lowest BCUT2D eigenvalue weighted by Gasteiger charge is -2.27. The molecule has 0 aromatic heterocycles. The minimum absolute atomic E-state index is 0.00248. The van der Waals surface area contributed by atoms with Crippen LogP contribution in [-0.2, 0) is 14.3 Å². The van der Waals surface area contributed by atoms with E-state index < -0.39 is 0 Å². The monoisotopic (exact) mass is 360 g/mol. The first-order chi connectivity index (χ1) is 12.5. The summed E-state index contributed by atoms with van der Waals surface area (Å²) < 4.78 is 4.98. The van der Waals surface area contributed by atoms with Crippen LogP contribution in [0.15, 0.2) is 24.3 Å². The van der Waals surface area contributed by atoms with Crippen molar-refractivity contribution in [2.75, 3.05) is 25.6 Å². The first kappa shape index (κ1) is 20.4. The minimum atomic E-state index is -0.00248. The first-order valence-corrected chi connectivity index (χ1v) is 9.68. The van der Waals surface area contributed by atoms with Gasteiger partial charge < -0.3 is 15.4 Å². The number of hydrogen-bond donors (Lipinski definition) is 2. The number of methoxy groups -OCH3 is 1. The van der Waals surface area contributed by atoms with Crippen LogP contribution in [0.4, 0.5) is 5.69 Å². The highest BCUT2D eigenvalue weighted by Crippen LogP contribution is 2.30. The number of amides is 2. The normalized spacial score (nSPS) is 20.0. The van der Waals surface area contributed by atoms with Crippen LogP contribution in [0.25, 0.3) is 0 Å². The van der Waals surface area contributed by atoms with Gasteiger partial charge in [0.25, 0.3) is 0 Å². The molecule has 1 aromatic carbocycles. The molecular formula is C21H32N2O3. The van der Waals surface area contributed by atoms with Gasteiger partial charge in [-0.1, -0.05) is 26.0 Å². The van der Waals surface area contributed by atoms with Gasteiger partial charge in [0.05, 0.1) is 0 Å². The lowest BCUT2D eigenvalue weighted by Crippen LogP contribution is -2.36. The van der Waals surface area contributed by atoms with Gasteiger partial charge in [-0.3, -0.25) is 9.59 Å². The number of hydrogen-bond acceptors (Lipinski definition) is 3.